The number of rotatable bonds is 3. The van der Waals surface area contributed by atoms with E-state index in [2.05, 4.69) is 0 Å². The van der Waals surface area contributed by atoms with E-state index >= 15 is 0 Å². The van der Waals surface area contributed by atoms with Crippen molar-refractivity contribution in [2.24, 2.45) is 5.41 Å². The maximum absolute atomic E-state index is 13.3. The lowest BCUT2D eigenvalue weighted by Crippen LogP contribution is -2.26. The SMILES string of the molecule is Cc1ccc(F)c(OCC(=O)C(C)(C)C)c1. The van der Waals surface area contributed by atoms with Gasteiger partial charge < -0.3 is 4.74 Å². The lowest BCUT2D eigenvalue weighted by Gasteiger charge is -2.17. The topological polar surface area (TPSA) is 26.3 Å². The van der Waals surface area contributed by atoms with Gasteiger partial charge in [0.15, 0.2) is 17.3 Å². The van der Waals surface area contributed by atoms with Gasteiger partial charge in [-0.05, 0) is 24.6 Å². The summed E-state index contributed by atoms with van der Waals surface area (Å²) in [6, 6.07) is 4.59. The van der Waals surface area contributed by atoms with Crippen LogP contribution >= 0.6 is 0 Å². The highest BCUT2D eigenvalue weighted by atomic mass is 19.1. The van der Waals surface area contributed by atoms with Crippen LogP contribution in [0.2, 0.25) is 0 Å². The maximum atomic E-state index is 13.3. The van der Waals surface area contributed by atoms with Crippen molar-refractivity contribution in [1.29, 1.82) is 0 Å². The molecule has 0 atom stereocenters. The van der Waals surface area contributed by atoms with Gasteiger partial charge in [0.05, 0.1) is 0 Å². The molecular formula is C13H17FO2. The van der Waals surface area contributed by atoms with Gasteiger partial charge in [-0.15, -0.1) is 0 Å². The predicted octanol–water partition coefficient (Wildman–Crippen LogP) is 3.13. The van der Waals surface area contributed by atoms with Crippen LogP contribution in [0, 0.1) is 18.2 Å². The maximum Gasteiger partial charge on any atom is 0.175 e. The molecule has 88 valence electrons. The minimum Gasteiger partial charge on any atom is -0.483 e. The summed E-state index contributed by atoms with van der Waals surface area (Å²) in [5.41, 5.74) is 0.444. The standard InChI is InChI=1S/C13H17FO2/c1-9-5-6-10(14)11(7-9)16-8-12(15)13(2,3)4/h5-7H,8H2,1-4H3. The minimum absolute atomic E-state index is 0.0478. The first-order valence-corrected chi connectivity index (χ1v) is 5.23. The zero-order valence-corrected chi connectivity index (χ0v) is 10.1. The average Bonchev–Trinajstić information content (AvgIpc) is 2.17. The van der Waals surface area contributed by atoms with Crippen molar-refractivity contribution in [1.82, 2.24) is 0 Å². The summed E-state index contributed by atoms with van der Waals surface area (Å²) in [6.45, 7) is 7.18. The van der Waals surface area contributed by atoms with Gasteiger partial charge in [0, 0.05) is 5.41 Å². The quantitative estimate of drug-likeness (QED) is 0.788. The van der Waals surface area contributed by atoms with E-state index in [0.717, 1.165) is 5.56 Å². The minimum atomic E-state index is -0.458. The molecular weight excluding hydrogens is 207 g/mol. The van der Waals surface area contributed by atoms with Crippen LogP contribution in [0.25, 0.3) is 0 Å². The number of benzene rings is 1. The summed E-state index contributed by atoms with van der Waals surface area (Å²) in [5, 5.41) is 0. The molecule has 1 aromatic rings. The van der Waals surface area contributed by atoms with E-state index in [1.807, 2.05) is 27.7 Å². The Labute approximate surface area is 95.4 Å². The van der Waals surface area contributed by atoms with Crippen LogP contribution in [-0.2, 0) is 4.79 Å². The number of ether oxygens (including phenoxy) is 1. The Kier molecular flexibility index (Phi) is 3.68. The van der Waals surface area contributed by atoms with Gasteiger partial charge in [0.1, 0.15) is 6.61 Å². The molecule has 1 rings (SSSR count). The molecule has 0 amide bonds. The third-order valence-corrected chi connectivity index (χ3v) is 2.28. The van der Waals surface area contributed by atoms with Crippen LogP contribution < -0.4 is 4.74 Å². The predicted molar refractivity (Wildman–Crippen MR) is 61.1 cm³/mol. The second-order valence-corrected chi connectivity index (χ2v) is 4.90. The molecule has 0 aromatic heterocycles. The number of carbonyl (C=O) groups excluding carboxylic acids is 1. The molecule has 0 heterocycles. The van der Waals surface area contributed by atoms with Crippen LogP contribution in [0.1, 0.15) is 26.3 Å². The van der Waals surface area contributed by atoms with Crippen LogP contribution in [-0.4, -0.2) is 12.4 Å². The monoisotopic (exact) mass is 224 g/mol. The molecule has 0 spiro atoms. The van der Waals surface area contributed by atoms with E-state index in [4.69, 9.17) is 4.74 Å². The Bertz CT molecular complexity index is 391. The lowest BCUT2D eigenvalue weighted by atomic mass is 9.91. The molecule has 0 radical (unpaired) electrons. The zero-order chi connectivity index (χ0) is 12.3. The van der Waals surface area contributed by atoms with Crippen molar-refractivity contribution < 1.29 is 13.9 Å². The average molecular weight is 224 g/mol. The summed E-state index contributed by atoms with van der Waals surface area (Å²) in [4.78, 5) is 11.6. The molecule has 0 aliphatic carbocycles. The van der Waals surface area contributed by atoms with Crippen LogP contribution in [0.4, 0.5) is 4.39 Å². The van der Waals surface area contributed by atoms with Crippen LogP contribution in [0.15, 0.2) is 18.2 Å². The molecule has 0 saturated heterocycles. The van der Waals surface area contributed by atoms with Gasteiger partial charge in [-0.1, -0.05) is 26.8 Å². The summed E-state index contributed by atoms with van der Waals surface area (Å²) in [5.74, 6) is -0.349. The molecule has 0 aliphatic heterocycles. The van der Waals surface area contributed by atoms with Gasteiger partial charge in [-0.2, -0.15) is 0 Å². The highest BCUT2D eigenvalue weighted by Crippen LogP contribution is 2.20. The summed E-state index contributed by atoms with van der Waals surface area (Å²) >= 11 is 0. The van der Waals surface area contributed by atoms with Crippen molar-refractivity contribution in [3.63, 3.8) is 0 Å². The number of aryl methyl sites for hydroxylation is 1. The van der Waals surface area contributed by atoms with Crippen molar-refractivity contribution in [3.05, 3.63) is 29.6 Å². The van der Waals surface area contributed by atoms with Gasteiger partial charge >= 0.3 is 0 Å². The van der Waals surface area contributed by atoms with E-state index in [-0.39, 0.29) is 18.1 Å². The third-order valence-electron chi connectivity index (χ3n) is 2.28. The van der Waals surface area contributed by atoms with E-state index in [1.54, 1.807) is 12.1 Å². The summed E-state index contributed by atoms with van der Waals surface area (Å²) in [7, 11) is 0. The number of Topliss-reactive ketones (excluding diaryl/α,β-unsaturated/α-hetero) is 1. The molecule has 0 unspecified atom stereocenters. The summed E-state index contributed by atoms with van der Waals surface area (Å²) < 4.78 is 18.5. The zero-order valence-electron chi connectivity index (χ0n) is 10.1. The van der Waals surface area contributed by atoms with E-state index in [9.17, 15) is 9.18 Å². The fourth-order valence-electron chi connectivity index (χ4n) is 1.08. The Morgan fingerprint density at radius 1 is 1.38 bits per heavy atom. The number of carbonyl (C=O) groups is 1. The molecule has 0 fully saturated rings. The number of halogens is 1. The van der Waals surface area contributed by atoms with Crippen molar-refractivity contribution >= 4 is 5.78 Å². The lowest BCUT2D eigenvalue weighted by molar-refractivity contribution is -0.128. The molecule has 1 aromatic carbocycles. The molecule has 3 heteroatoms. The Balaban J connectivity index is 2.68. The summed E-state index contributed by atoms with van der Waals surface area (Å²) in [6.07, 6.45) is 0. The molecule has 0 aliphatic rings. The first-order chi connectivity index (χ1) is 7.30. The Morgan fingerprint density at radius 2 is 2.00 bits per heavy atom. The highest BCUT2D eigenvalue weighted by Gasteiger charge is 2.21. The Morgan fingerprint density at radius 3 is 2.56 bits per heavy atom. The fraction of sp³-hybridized carbons (Fsp3) is 0.462. The first-order valence-electron chi connectivity index (χ1n) is 5.23. The first kappa shape index (κ1) is 12.7. The van der Waals surface area contributed by atoms with Gasteiger partial charge in [-0.25, -0.2) is 4.39 Å². The van der Waals surface area contributed by atoms with E-state index in [1.165, 1.54) is 6.07 Å². The molecule has 0 saturated carbocycles. The Hall–Kier alpha value is -1.38. The van der Waals surface area contributed by atoms with Crippen molar-refractivity contribution in [2.75, 3.05) is 6.61 Å². The second-order valence-electron chi connectivity index (χ2n) is 4.90. The van der Waals surface area contributed by atoms with Crippen LogP contribution in [0.3, 0.4) is 0 Å². The normalized spacial score (nSPS) is 11.3. The molecule has 0 bridgehead atoms. The fourth-order valence-corrected chi connectivity index (χ4v) is 1.08. The smallest absolute Gasteiger partial charge is 0.175 e. The largest absolute Gasteiger partial charge is 0.483 e. The molecule has 2 nitrogen and oxygen atoms in total. The number of ketones is 1. The molecule has 0 N–H and O–H groups in total. The second kappa shape index (κ2) is 4.64. The highest BCUT2D eigenvalue weighted by molar-refractivity contribution is 5.85. The van der Waals surface area contributed by atoms with Gasteiger partial charge in [0.25, 0.3) is 0 Å². The van der Waals surface area contributed by atoms with Gasteiger partial charge in [0.2, 0.25) is 0 Å². The van der Waals surface area contributed by atoms with E-state index in [0.29, 0.717) is 0 Å². The third kappa shape index (κ3) is 3.33. The van der Waals surface area contributed by atoms with Crippen LogP contribution in [0.5, 0.6) is 5.75 Å². The number of hydrogen-bond donors (Lipinski definition) is 0. The van der Waals surface area contributed by atoms with Crippen molar-refractivity contribution in [2.45, 2.75) is 27.7 Å². The molecule has 16 heavy (non-hydrogen) atoms. The van der Waals surface area contributed by atoms with E-state index < -0.39 is 11.2 Å². The van der Waals surface area contributed by atoms with Gasteiger partial charge in [-0.3, -0.25) is 4.79 Å². The number of hydrogen-bond acceptors (Lipinski definition) is 2. The van der Waals surface area contributed by atoms with Crippen molar-refractivity contribution in [3.8, 4) is 5.75 Å².